The summed E-state index contributed by atoms with van der Waals surface area (Å²) >= 11 is 0. The van der Waals surface area contributed by atoms with Gasteiger partial charge in [0.25, 0.3) is 0 Å². The highest BCUT2D eigenvalue weighted by molar-refractivity contribution is 5.54. The highest BCUT2D eigenvalue weighted by Crippen LogP contribution is 2.19. The lowest BCUT2D eigenvalue weighted by atomic mass is 10.3. The average Bonchev–Trinajstić information content (AvgIpc) is 2.87. The summed E-state index contributed by atoms with van der Waals surface area (Å²) in [7, 11) is 1.65. The van der Waals surface area contributed by atoms with Gasteiger partial charge in [-0.3, -0.25) is 0 Å². The fourth-order valence-corrected chi connectivity index (χ4v) is 1.92. The Labute approximate surface area is 105 Å². The van der Waals surface area contributed by atoms with E-state index in [0.29, 0.717) is 5.95 Å². The van der Waals surface area contributed by atoms with E-state index < -0.39 is 0 Å². The van der Waals surface area contributed by atoms with Gasteiger partial charge in [0.15, 0.2) is 0 Å². The Morgan fingerprint density at radius 2 is 2.06 bits per heavy atom. The van der Waals surface area contributed by atoms with Gasteiger partial charge in [0.1, 0.15) is 5.75 Å². The summed E-state index contributed by atoms with van der Waals surface area (Å²) in [6.07, 6.45) is 1.87. The number of rotatable bonds is 3. The molecular formula is C13H14N4O. The van der Waals surface area contributed by atoms with Crippen LogP contribution in [0.4, 0.5) is 11.6 Å². The number of hydrogen-bond donors (Lipinski definition) is 2. The van der Waals surface area contributed by atoms with E-state index in [1.807, 2.05) is 30.5 Å². The fraction of sp³-hybridized carbons (Fsp3) is 0.231. The molecule has 0 spiro atoms. The third-order valence-corrected chi connectivity index (χ3v) is 2.91. The van der Waals surface area contributed by atoms with Gasteiger partial charge < -0.3 is 15.4 Å². The first-order valence-electron chi connectivity index (χ1n) is 5.82. The van der Waals surface area contributed by atoms with Crippen molar-refractivity contribution < 1.29 is 4.74 Å². The molecule has 0 saturated heterocycles. The van der Waals surface area contributed by atoms with Gasteiger partial charge in [-0.15, -0.1) is 0 Å². The summed E-state index contributed by atoms with van der Waals surface area (Å²) in [5.41, 5.74) is 3.19. The molecule has 3 rings (SSSR count). The molecule has 2 heterocycles. The summed E-state index contributed by atoms with van der Waals surface area (Å²) in [6, 6.07) is 7.68. The third-order valence-electron chi connectivity index (χ3n) is 2.91. The highest BCUT2D eigenvalue weighted by atomic mass is 16.5. The van der Waals surface area contributed by atoms with Crippen LogP contribution >= 0.6 is 0 Å². The Kier molecular flexibility index (Phi) is 2.82. The van der Waals surface area contributed by atoms with E-state index in [-0.39, 0.29) is 0 Å². The van der Waals surface area contributed by atoms with Crippen molar-refractivity contribution >= 4 is 11.6 Å². The van der Waals surface area contributed by atoms with Crippen molar-refractivity contribution in [2.24, 2.45) is 0 Å². The number of hydrogen-bond acceptors (Lipinski definition) is 5. The zero-order valence-corrected chi connectivity index (χ0v) is 10.1. The molecule has 5 heteroatoms. The molecule has 0 unspecified atom stereocenters. The maximum Gasteiger partial charge on any atom is 0.227 e. The second kappa shape index (κ2) is 4.62. The summed E-state index contributed by atoms with van der Waals surface area (Å²) in [5.74, 6) is 1.46. The molecule has 0 amide bonds. The molecule has 92 valence electrons. The molecule has 1 aliphatic rings. The zero-order chi connectivity index (χ0) is 12.4. The smallest absolute Gasteiger partial charge is 0.227 e. The number of methoxy groups -OCH3 is 1. The fourth-order valence-electron chi connectivity index (χ4n) is 1.92. The summed E-state index contributed by atoms with van der Waals surface area (Å²) in [6.45, 7) is 1.67. The van der Waals surface area contributed by atoms with E-state index in [1.54, 1.807) is 7.11 Å². The third kappa shape index (κ3) is 2.12. The summed E-state index contributed by atoms with van der Waals surface area (Å²) < 4.78 is 5.11. The second-order valence-electron chi connectivity index (χ2n) is 4.12. The van der Waals surface area contributed by atoms with Gasteiger partial charge in [-0.25, -0.2) is 9.97 Å². The lowest BCUT2D eigenvalue weighted by Crippen LogP contribution is -2.01. The Balaban J connectivity index is 1.79. The first-order chi connectivity index (χ1) is 8.85. The topological polar surface area (TPSA) is 59.1 Å². The molecule has 0 bridgehead atoms. The van der Waals surface area contributed by atoms with Crippen LogP contribution in [0.2, 0.25) is 0 Å². The largest absolute Gasteiger partial charge is 0.497 e. The summed E-state index contributed by atoms with van der Waals surface area (Å²) in [5, 5.41) is 6.43. The first-order valence-corrected chi connectivity index (χ1v) is 5.82. The van der Waals surface area contributed by atoms with Crippen molar-refractivity contribution in [2.75, 3.05) is 12.4 Å². The quantitative estimate of drug-likeness (QED) is 0.860. The Bertz CT molecular complexity index is 553. The van der Waals surface area contributed by atoms with Crippen LogP contribution in [-0.2, 0) is 13.1 Å². The number of anilines is 2. The average molecular weight is 242 g/mol. The first kappa shape index (κ1) is 11.0. The normalized spacial score (nSPS) is 13.2. The molecule has 18 heavy (non-hydrogen) atoms. The minimum atomic E-state index is 0.627. The molecule has 1 aromatic heterocycles. The van der Waals surface area contributed by atoms with Crippen molar-refractivity contribution in [3.05, 3.63) is 41.7 Å². The molecule has 0 radical (unpaired) electrons. The van der Waals surface area contributed by atoms with Crippen LogP contribution < -0.4 is 15.4 Å². The van der Waals surface area contributed by atoms with E-state index in [1.165, 1.54) is 5.56 Å². The van der Waals surface area contributed by atoms with Crippen LogP contribution in [-0.4, -0.2) is 17.1 Å². The molecule has 5 nitrogen and oxygen atoms in total. The van der Waals surface area contributed by atoms with Crippen molar-refractivity contribution in [3.63, 3.8) is 0 Å². The molecule has 2 N–H and O–H groups in total. The Morgan fingerprint density at radius 3 is 2.83 bits per heavy atom. The van der Waals surface area contributed by atoms with Gasteiger partial charge in [-0.1, -0.05) is 0 Å². The van der Waals surface area contributed by atoms with Crippen LogP contribution in [0.5, 0.6) is 5.75 Å². The SMILES string of the molecule is COc1ccc(Nc2ncc3c(n2)CNC3)cc1. The van der Waals surface area contributed by atoms with E-state index in [0.717, 1.165) is 30.2 Å². The minimum absolute atomic E-state index is 0.627. The van der Waals surface area contributed by atoms with E-state index in [2.05, 4.69) is 20.6 Å². The lowest BCUT2D eigenvalue weighted by Gasteiger charge is -2.06. The van der Waals surface area contributed by atoms with Gasteiger partial charge in [-0.2, -0.15) is 0 Å². The number of benzene rings is 1. The molecular weight excluding hydrogens is 228 g/mol. The molecule has 0 atom stereocenters. The predicted octanol–water partition coefficient (Wildman–Crippen LogP) is 1.83. The number of nitrogens with one attached hydrogen (secondary N) is 2. The standard InChI is InChI=1S/C13H14N4O/c1-18-11-4-2-10(3-5-11)16-13-15-7-9-6-14-8-12(9)17-13/h2-5,7,14H,6,8H2,1H3,(H,15,16,17). The molecule has 0 saturated carbocycles. The van der Waals surface area contributed by atoms with Gasteiger partial charge >= 0.3 is 0 Å². The molecule has 0 fully saturated rings. The zero-order valence-electron chi connectivity index (χ0n) is 10.1. The van der Waals surface area contributed by atoms with Gasteiger partial charge in [0.2, 0.25) is 5.95 Å². The Morgan fingerprint density at radius 1 is 1.22 bits per heavy atom. The van der Waals surface area contributed by atoms with Crippen molar-refractivity contribution in [3.8, 4) is 5.75 Å². The van der Waals surface area contributed by atoms with Crippen LogP contribution in [0.25, 0.3) is 0 Å². The number of nitrogens with zero attached hydrogens (tertiary/aromatic N) is 2. The van der Waals surface area contributed by atoms with E-state index >= 15 is 0 Å². The van der Waals surface area contributed by atoms with Crippen LogP contribution in [0.1, 0.15) is 11.3 Å². The molecule has 0 aliphatic carbocycles. The molecule has 1 aromatic carbocycles. The van der Waals surface area contributed by atoms with Gasteiger partial charge in [0, 0.05) is 30.5 Å². The minimum Gasteiger partial charge on any atom is -0.497 e. The van der Waals surface area contributed by atoms with Crippen molar-refractivity contribution in [1.82, 2.24) is 15.3 Å². The van der Waals surface area contributed by atoms with Crippen LogP contribution in [0, 0.1) is 0 Å². The number of fused-ring (bicyclic) bond motifs is 1. The summed E-state index contributed by atoms with van der Waals surface area (Å²) in [4.78, 5) is 8.77. The lowest BCUT2D eigenvalue weighted by molar-refractivity contribution is 0.415. The van der Waals surface area contributed by atoms with E-state index in [9.17, 15) is 0 Å². The second-order valence-corrected chi connectivity index (χ2v) is 4.12. The van der Waals surface area contributed by atoms with Gasteiger partial charge in [-0.05, 0) is 24.3 Å². The van der Waals surface area contributed by atoms with Crippen LogP contribution in [0.3, 0.4) is 0 Å². The maximum atomic E-state index is 5.11. The Hall–Kier alpha value is -2.14. The van der Waals surface area contributed by atoms with Gasteiger partial charge in [0.05, 0.1) is 12.8 Å². The number of aromatic nitrogens is 2. The monoisotopic (exact) mass is 242 g/mol. The van der Waals surface area contributed by atoms with Crippen molar-refractivity contribution in [1.29, 1.82) is 0 Å². The molecule has 2 aromatic rings. The number of ether oxygens (including phenoxy) is 1. The molecule has 1 aliphatic heterocycles. The highest BCUT2D eigenvalue weighted by Gasteiger charge is 2.12. The predicted molar refractivity (Wildman–Crippen MR) is 68.9 cm³/mol. The van der Waals surface area contributed by atoms with E-state index in [4.69, 9.17) is 4.74 Å². The van der Waals surface area contributed by atoms with Crippen molar-refractivity contribution in [2.45, 2.75) is 13.1 Å². The van der Waals surface area contributed by atoms with Crippen LogP contribution in [0.15, 0.2) is 30.5 Å². The maximum absolute atomic E-state index is 5.11.